The smallest absolute Gasteiger partial charge is 0.214 e. The lowest BCUT2D eigenvalue weighted by molar-refractivity contribution is 0.0319. The van der Waals surface area contributed by atoms with Crippen LogP contribution in [0.2, 0.25) is 0 Å². The molecule has 1 saturated heterocycles. The second-order valence-electron chi connectivity index (χ2n) is 9.37. The summed E-state index contributed by atoms with van der Waals surface area (Å²) in [5, 5.41) is 0. The van der Waals surface area contributed by atoms with Crippen LogP contribution in [0.5, 0.6) is 0 Å². The first-order valence-corrected chi connectivity index (χ1v) is 13.5. The highest BCUT2D eigenvalue weighted by Crippen LogP contribution is 2.38. The molecule has 1 aromatic carbocycles. The van der Waals surface area contributed by atoms with E-state index in [1.807, 2.05) is 6.92 Å². The number of benzene rings is 1. The molecule has 2 fully saturated rings. The van der Waals surface area contributed by atoms with Crippen LogP contribution in [0.25, 0.3) is 0 Å². The van der Waals surface area contributed by atoms with Gasteiger partial charge < -0.3 is 0 Å². The summed E-state index contributed by atoms with van der Waals surface area (Å²) in [6, 6.07) is 2.40. The van der Waals surface area contributed by atoms with Crippen LogP contribution in [0.3, 0.4) is 0 Å². The van der Waals surface area contributed by atoms with Gasteiger partial charge in [-0.05, 0) is 50.3 Å². The van der Waals surface area contributed by atoms with Crippen LogP contribution in [0, 0.1) is 18.6 Å². The third kappa shape index (κ3) is 6.74. The maximum absolute atomic E-state index is 14.3. The molecule has 188 valence electrons. The van der Waals surface area contributed by atoms with E-state index in [9.17, 15) is 22.0 Å². The zero-order valence-electron chi connectivity index (χ0n) is 19.7. The summed E-state index contributed by atoms with van der Waals surface area (Å²) >= 11 is 0. The molecule has 1 aliphatic heterocycles. The third-order valence-corrected chi connectivity index (χ3v) is 9.16. The molecule has 0 N–H and O–H groups in total. The number of hydrogen-bond acceptors (Lipinski definition) is 4. The number of sulfonamides is 1. The quantitative estimate of drug-likeness (QED) is 0.363. The van der Waals surface area contributed by atoms with Crippen molar-refractivity contribution in [3.05, 3.63) is 34.9 Å². The number of piperazine rings is 1. The van der Waals surface area contributed by atoms with Crippen molar-refractivity contribution in [2.75, 3.05) is 31.9 Å². The highest BCUT2D eigenvalue weighted by Gasteiger charge is 2.40. The van der Waals surface area contributed by atoms with Gasteiger partial charge in [-0.25, -0.2) is 17.2 Å². The monoisotopic (exact) mass is 506 g/mol. The molecule has 2 aliphatic rings. The number of nitrogens with zero attached hydrogens (tertiary/aromatic N) is 2. The number of carbonyl (C=O) groups is 1. The van der Waals surface area contributed by atoms with Gasteiger partial charge in [0.25, 0.3) is 0 Å². The van der Waals surface area contributed by atoms with E-state index >= 15 is 0 Å². The fraction of sp³-hybridized carbons (Fsp3) is 0.708. The third-order valence-electron chi connectivity index (χ3n) is 7.08. The first kappa shape index (κ1) is 28.1. The second kappa shape index (κ2) is 12.0. The molecule has 0 spiro atoms. The molecule has 5 nitrogen and oxygen atoms in total. The van der Waals surface area contributed by atoms with Crippen LogP contribution in [-0.2, 0) is 10.0 Å². The van der Waals surface area contributed by atoms with E-state index < -0.39 is 33.0 Å². The van der Waals surface area contributed by atoms with Gasteiger partial charge in [0.2, 0.25) is 10.0 Å². The lowest BCUT2D eigenvalue weighted by atomic mass is 9.82. The van der Waals surface area contributed by atoms with Gasteiger partial charge in [-0.1, -0.05) is 32.6 Å². The van der Waals surface area contributed by atoms with Gasteiger partial charge in [-0.15, -0.1) is 12.4 Å². The Labute approximate surface area is 203 Å². The Bertz CT molecular complexity index is 887. The Balaban J connectivity index is 0.00000385. The summed E-state index contributed by atoms with van der Waals surface area (Å²) in [4.78, 5) is 15.2. The molecule has 0 bridgehead atoms. The largest absolute Gasteiger partial charge is 0.295 e. The zero-order chi connectivity index (χ0) is 23.4. The topological polar surface area (TPSA) is 57.7 Å². The lowest BCUT2D eigenvalue weighted by Gasteiger charge is -2.48. The van der Waals surface area contributed by atoms with Crippen molar-refractivity contribution in [2.24, 2.45) is 0 Å². The summed E-state index contributed by atoms with van der Waals surface area (Å²) in [5.74, 6) is -1.91. The van der Waals surface area contributed by atoms with Gasteiger partial charge >= 0.3 is 0 Å². The normalized spacial score (nSPS) is 20.1. The Morgan fingerprint density at radius 1 is 1.00 bits per heavy atom. The van der Waals surface area contributed by atoms with Crippen LogP contribution in [-0.4, -0.2) is 60.9 Å². The van der Waals surface area contributed by atoms with Crippen molar-refractivity contribution in [2.45, 2.75) is 77.2 Å². The Morgan fingerprint density at radius 3 is 2.06 bits per heavy atom. The average Bonchev–Trinajstić information content (AvgIpc) is 2.98. The molecule has 0 aromatic heterocycles. The molecule has 9 heteroatoms. The highest BCUT2D eigenvalue weighted by atomic mass is 35.5. The van der Waals surface area contributed by atoms with E-state index in [0.29, 0.717) is 44.6 Å². The first-order valence-electron chi connectivity index (χ1n) is 11.9. The van der Waals surface area contributed by atoms with Gasteiger partial charge in [-0.3, -0.25) is 9.69 Å². The standard InChI is InChI=1S/C24H36F2N2O3S.ClH/c1-3-16-32(30,31)28-14-12-27(13-15-28)24(9-6-4-5-7-10-24)11-8-22(29)23-20(25)17-19(2)18-21(23)26;/h17-18H,3-16H2,1-2H3;1H. The minimum absolute atomic E-state index is 0. The number of hydrogen-bond donors (Lipinski definition) is 0. The maximum atomic E-state index is 14.3. The van der Waals surface area contributed by atoms with Crippen LogP contribution in [0.1, 0.15) is 80.6 Å². The molecular formula is C24H37ClF2N2O3S. The zero-order valence-corrected chi connectivity index (χ0v) is 21.4. The van der Waals surface area contributed by atoms with Gasteiger partial charge in [0.15, 0.2) is 5.78 Å². The average molecular weight is 507 g/mol. The summed E-state index contributed by atoms with van der Waals surface area (Å²) in [7, 11) is -3.22. The van der Waals surface area contributed by atoms with E-state index in [1.165, 1.54) is 12.1 Å². The molecule has 0 unspecified atom stereocenters. The maximum Gasteiger partial charge on any atom is 0.214 e. The summed E-state index contributed by atoms with van der Waals surface area (Å²) in [6.07, 6.45) is 7.48. The SMILES string of the molecule is CCCS(=O)(=O)N1CCN(C2(CCC(=O)c3c(F)cc(C)cc3F)CCCCCC2)CC1.Cl. The summed E-state index contributed by atoms with van der Waals surface area (Å²) in [6.45, 7) is 5.64. The van der Waals surface area contributed by atoms with Crippen molar-refractivity contribution in [3.8, 4) is 0 Å². The number of aryl methyl sites for hydroxylation is 1. The molecule has 0 atom stereocenters. The van der Waals surface area contributed by atoms with Crippen molar-refractivity contribution in [1.29, 1.82) is 0 Å². The van der Waals surface area contributed by atoms with E-state index in [-0.39, 0.29) is 30.1 Å². The van der Waals surface area contributed by atoms with Gasteiger partial charge in [-0.2, -0.15) is 4.31 Å². The van der Waals surface area contributed by atoms with Crippen LogP contribution < -0.4 is 0 Å². The summed E-state index contributed by atoms with van der Waals surface area (Å²) < 4.78 is 55.1. The molecule has 1 heterocycles. The number of rotatable bonds is 8. The van der Waals surface area contributed by atoms with Crippen LogP contribution in [0.4, 0.5) is 8.78 Å². The molecule has 1 aromatic rings. The Kier molecular flexibility index (Phi) is 10.3. The molecule has 1 saturated carbocycles. The highest BCUT2D eigenvalue weighted by molar-refractivity contribution is 7.89. The number of carbonyl (C=O) groups excluding carboxylic acids is 1. The van der Waals surface area contributed by atoms with Gasteiger partial charge in [0, 0.05) is 38.1 Å². The predicted octanol–water partition coefficient (Wildman–Crippen LogP) is 5.11. The van der Waals surface area contributed by atoms with Gasteiger partial charge in [0.05, 0.1) is 11.3 Å². The van der Waals surface area contributed by atoms with E-state index in [4.69, 9.17) is 0 Å². The Morgan fingerprint density at radius 2 is 1.55 bits per heavy atom. The molecular weight excluding hydrogens is 470 g/mol. The van der Waals surface area contributed by atoms with Gasteiger partial charge in [0.1, 0.15) is 11.6 Å². The minimum Gasteiger partial charge on any atom is -0.295 e. The number of halogens is 3. The van der Waals surface area contributed by atoms with Crippen molar-refractivity contribution in [3.63, 3.8) is 0 Å². The second-order valence-corrected chi connectivity index (χ2v) is 11.5. The van der Waals surface area contributed by atoms with Crippen LogP contribution >= 0.6 is 12.4 Å². The predicted molar refractivity (Wildman–Crippen MR) is 130 cm³/mol. The number of Topliss-reactive ketones (excluding diaryl/α,β-unsaturated/α-hetero) is 1. The van der Waals surface area contributed by atoms with E-state index in [1.54, 1.807) is 11.2 Å². The minimum atomic E-state index is -3.22. The van der Waals surface area contributed by atoms with Crippen molar-refractivity contribution < 1.29 is 22.0 Å². The lowest BCUT2D eigenvalue weighted by Crippen LogP contribution is -2.58. The van der Waals surface area contributed by atoms with Crippen molar-refractivity contribution >= 4 is 28.2 Å². The van der Waals surface area contributed by atoms with E-state index in [0.717, 1.165) is 38.5 Å². The summed E-state index contributed by atoms with van der Waals surface area (Å²) in [5.41, 5.74) is -0.202. The fourth-order valence-electron chi connectivity index (χ4n) is 5.38. The molecule has 3 rings (SSSR count). The molecule has 0 amide bonds. The van der Waals surface area contributed by atoms with Crippen molar-refractivity contribution in [1.82, 2.24) is 9.21 Å². The molecule has 33 heavy (non-hydrogen) atoms. The van der Waals surface area contributed by atoms with E-state index in [2.05, 4.69) is 4.90 Å². The van der Waals surface area contributed by atoms with Crippen LogP contribution in [0.15, 0.2) is 12.1 Å². The Hall–Kier alpha value is -1.09. The molecule has 1 aliphatic carbocycles. The number of ketones is 1. The molecule has 0 radical (unpaired) electrons. The first-order chi connectivity index (χ1) is 15.2. The fourth-order valence-corrected chi connectivity index (χ4v) is 6.87.